The largest absolute Gasteiger partial charge is 0.474 e. The molecule has 0 aromatic carbocycles. The van der Waals surface area contributed by atoms with Gasteiger partial charge in [-0.2, -0.15) is 18.2 Å². The van der Waals surface area contributed by atoms with Crippen LogP contribution in [0.25, 0.3) is 0 Å². The van der Waals surface area contributed by atoms with E-state index in [1.54, 1.807) is 6.92 Å². The fourth-order valence-corrected chi connectivity index (χ4v) is 2.24. The normalized spacial score (nSPS) is 17.0. The smallest absolute Gasteiger partial charge is 0.451 e. The van der Waals surface area contributed by atoms with Crippen molar-refractivity contribution in [1.29, 1.82) is 0 Å². The Morgan fingerprint density at radius 3 is 2.55 bits per heavy atom. The van der Waals surface area contributed by atoms with E-state index in [0.717, 1.165) is 32.1 Å². The minimum absolute atomic E-state index is 0.00447. The van der Waals surface area contributed by atoms with Gasteiger partial charge in [0.25, 0.3) is 0 Å². The number of aromatic nitrogens is 2. The van der Waals surface area contributed by atoms with E-state index in [0.29, 0.717) is 6.54 Å². The molecule has 0 saturated heterocycles. The molecule has 1 N–H and O–H groups in total. The average Bonchev–Trinajstić information content (AvgIpc) is 2.39. The lowest BCUT2D eigenvalue weighted by atomic mass is 9.98. The lowest BCUT2D eigenvalue weighted by molar-refractivity contribution is -0.145. The average molecular weight is 289 g/mol. The Morgan fingerprint density at radius 1 is 1.25 bits per heavy atom. The summed E-state index contributed by atoms with van der Waals surface area (Å²) in [6.07, 6.45) is 0.346. The summed E-state index contributed by atoms with van der Waals surface area (Å²) < 4.78 is 43.9. The summed E-state index contributed by atoms with van der Waals surface area (Å²) in [5.41, 5.74) is 0. The molecular formula is C13H18F3N3O. The van der Waals surface area contributed by atoms with Gasteiger partial charge in [-0.1, -0.05) is 6.42 Å². The Morgan fingerprint density at radius 2 is 1.95 bits per heavy atom. The van der Waals surface area contributed by atoms with Gasteiger partial charge in [-0.3, -0.25) is 0 Å². The summed E-state index contributed by atoms with van der Waals surface area (Å²) in [5, 5.41) is 2.77. The summed E-state index contributed by atoms with van der Waals surface area (Å²) in [5.74, 6) is -1.03. The first kappa shape index (κ1) is 14.9. The topological polar surface area (TPSA) is 47.0 Å². The van der Waals surface area contributed by atoms with Gasteiger partial charge in [0.1, 0.15) is 11.9 Å². The van der Waals surface area contributed by atoms with E-state index in [4.69, 9.17) is 4.74 Å². The number of alkyl halides is 3. The second-order valence-corrected chi connectivity index (χ2v) is 4.82. The minimum atomic E-state index is -4.57. The van der Waals surface area contributed by atoms with Crippen molar-refractivity contribution in [3.8, 4) is 5.88 Å². The van der Waals surface area contributed by atoms with E-state index in [9.17, 15) is 13.2 Å². The van der Waals surface area contributed by atoms with Crippen molar-refractivity contribution in [3.63, 3.8) is 0 Å². The third kappa shape index (κ3) is 3.98. The van der Waals surface area contributed by atoms with Gasteiger partial charge in [0, 0.05) is 12.6 Å². The number of nitrogens with zero attached hydrogens (tertiary/aromatic N) is 2. The van der Waals surface area contributed by atoms with Crippen molar-refractivity contribution in [2.45, 2.75) is 51.3 Å². The molecule has 2 rings (SSSR count). The number of anilines is 1. The van der Waals surface area contributed by atoms with Gasteiger partial charge in [-0.05, 0) is 32.6 Å². The van der Waals surface area contributed by atoms with E-state index in [1.165, 1.54) is 6.07 Å². The maximum Gasteiger partial charge on any atom is 0.451 e. The van der Waals surface area contributed by atoms with Crippen molar-refractivity contribution in [2.24, 2.45) is 0 Å². The monoisotopic (exact) mass is 289 g/mol. The predicted molar refractivity (Wildman–Crippen MR) is 68.7 cm³/mol. The zero-order chi connectivity index (χ0) is 14.6. The van der Waals surface area contributed by atoms with Gasteiger partial charge in [0.2, 0.25) is 11.7 Å². The highest BCUT2D eigenvalue weighted by molar-refractivity contribution is 5.38. The standard InChI is InChI=1S/C13H18F3N3O/c1-2-17-10-8-11(19-12(18-10)13(14,15)16)20-9-6-4-3-5-7-9/h8-9H,2-7H2,1H3,(H,17,18,19). The molecule has 0 atom stereocenters. The number of ether oxygens (including phenoxy) is 1. The molecule has 0 bridgehead atoms. The molecule has 0 aliphatic heterocycles. The number of rotatable bonds is 4. The quantitative estimate of drug-likeness (QED) is 0.919. The fraction of sp³-hybridized carbons (Fsp3) is 0.692. The molecule has 0 radical (unpaired) electrons. The molecule has 0 unspecified atom stereocenters. The summed E-state index contributed by atoms with van der Waals surface area (Å²) in [6, 6.07) is 1.42. The lowest BCUT2D eigenvalue weighted by Gasteiger charge is -2.22. The Hall–Kier alpha value is -1.53. The maximum absolute atomic E-state index is 12.8. The van der Waals surface area contributed by atoms with Crippen LogP contribution in [0, 0.1) is 0 Å². The van der Waals surface area contributed by atoms with Crippen LogP contribution in [-0.2, 0) is 6.18 Å². The van der Waals surface area contributed by atoms with Crippen LogP contribution < -0.4 is 10.1 Å². The molecule has 1 aliphatic carbocycles. The van der Waals surface area contributed by atoms with Crippen LogP contribution in [0.4, 0.5) is 19.0 Å². The zero-order valence-corrected chi connectivity index (χ0v) is 11.3. The predicted octanol–water partition coefficient (Wildman–Crippen LogP) is 3.64. The highest BCUT2D eigenvalue weighted by Crippen LogP contribution is 2.30. The van der Waals surface area contributed by atoms with Crippen molar-refractivity contribution in [1.82, 2.24) is 9.97 Å². The van der Waals surface area contributed by atoms with Crippen molar-refractivity contribution in [3.05, 3.63) is 11.9 Å². The first-order chi connectivity index (χ1) is 9.49. The molecule has 1 saturated carbocycles. The summed E-state index contributed by atoms with van der Waals surface area (Å²) in [6.45, 7) is 2.27. The molecule has 4 nitrogen and oxygen atoms in total. The van der Waals surface area contributed by atoms with Crippen molar-refractivity contribution in [2.75, 3.05) is 11.9 Å². The second kappa shape index (κ2) is 6.28. The van der Waals surface area contributed by atoms with Gasteiger partial charge >= 0.3 is 6.18 Å². The van der Waals surface area contributed by atoms with Crippen LogP contribution in [0.15, 0.2) is 6.07 Å². The van der Waals surface area contributed by atoms with Gasteiger partial charge < -0.3 is 10.1 Å². The second-order valence-electron chi connectivity index (χ2n) is 4.82. The van der Waals surface area contributed by atoms with Crippen molar-refractivity contribution >= 4 is 5.82 Å². The van der Waals surface area contributed by atoms with Gasteiger partial charge in [0.05, 0.1) is 0 Å². The SMILES string of the molecule is CCNc1cc(OC2CCCCC2)nc(C(F)(F)F)n1. The van der Waals surface area contributed by atoms with Crippen LogP contribution in [0.1, 0.15) is 44.9 Å². The van der Waals surface area contributed by atoms with Crippen LogP contribution in [0.3, 0.4) is 0 Å². The molecule has 0 amide bonds. The molecule has 1 heterocycles. The molecule has 0 spiro atoms. The molecule has 1 aromatic heterocycles. The van der Waals surface area contributed by atoms with Crippen LogP contribution >= 0.6 is 0 Å². The van der Waals surface area contributed by atoms with E-state index in [2.05, 4.69) is 15.3 Å². The van der Waals surface area contributed by atoms with Gasteiger partial charge in [-0.15, -0.1) is 0 Å². The first-order valence-electron chi connectivity index (χ1n) is 6.86. The van der Waals surface area contributed by atoms with E-state index >= 15 is 0 Å². The minimum Gasteiger partial charge on any atom is -0.474 e. The third-order valence-electron chi connectivity index (χ3n) is 3.15. The van der Waals surface area contributed by atoms with E-state index in [1.807, 2.05) is 0 Å². The number of halogens is 3. The molecular weight excluding hydrogens is 271 g/mol. The van der Waals surface area contributed by atoms with Gasteiger partial charge in [0.15, 0.2) is 0 Å². The molecule has 1 aliphatic rings. The Bertz CT molecular complexity index is 445. The van der Waals surface area contributed by atoms with Crippen molar-refractivity contribution < 1.29 is 17.9 Å². The third-order valence-corrected chi connectivity index (χ3v) is 3.15. The maximum atomic E-state index is 12.8. The highest BCUT2D eigenvalue weighted by Gasteiger charge is 2.36. The zero-order valence-electron chi connectivity index (χ0n) is 11.3. The molecule has 20 heavy (non-hydrogen) atoms. The van der Waals surface area contributed by atoms with Crippen LogP contribution in [0.2, 0.25) is 0 Å². The number of hydrogen-bond donors (Lipinski definition) is 1. The van der Waals surface area contributed by atoms with Crippen LogP contribution in [-0.4, -0.2) is 22.6 Å². The summed E-state index contributed by atoms with van der Waals surface area (Å²) in [4.78, 5) is 6.94. The Balaban J connectivity index is 2.19. The van der Waals surface area contributed by atoms with E-state index in [-0.39, 0.29) is 17.8 Å². The number of nitrogens with one attached hydrogen (secondary N) is 1. The lowest BCUT2D eigenvalue weighted by Crippen LogP contribution is -2.21. The number of hydrogen-bond acceptors (Lipinski definition) is 4. The van der Waals surface area contributed by atoms with Crippen LogP contribution in [0.5, 0.6) is 5.88 Å². The molecule has 1 fully saturated rings. The highest BCUT2D eigenvalue weighted by atomic mass is 19.4. The Kier molecular flexibility index (Phi) is 4.67. The van der Waals surface area contributed by atoms with E-state index < -0.39 is 12.0 Å². The van der Waals surface area contributed by atoms with Gasteiger partial charge in [-0.25, -0.2) is 4.98 Å². The molecule has 1 aromatic rings. The first-order valence-corrected chi connectivity index (χ1v) is 6.86. The molecule has 7 heteroatoms. The summed E-state index contributed by atoms with van der Waals surface area (Å²) >= 11 is 0. The summed E-state index contributed by atoms with van der Waals surface area (Å²) in [7, 11) is 0. The Labute approximate surface area is 115 Å². The fourth-order valence-electron chi connectivity index (χ4n) is 2.24. The molecule has 112 valence electrons.